The van der Waals surface area contributed by atoms with Gasteiger partial charge in [-0.3, -0.25) is 0 Å². The second kappa shape index (κ2) is 13.0. The van der Waals surface area contributed by atoms with Crippen molar-refractivity contribution in [3.05, 3.63) is 211 Å². The molecule has 57 heavy (non-hydrogen) atoms. The highest BCUT2D eigenvalue weighted by atomic mass is 16.3. The Kier molecular flexibility index (Phi) is 7.55. The van der Waals surface area contributed by atoms with Gasteiger partial charge in [-0.25, -0.2) is 0 Å². The van der Waals surface area contributed by atoms with Gasteiger partial charge in [0, 0.05) is 33.1 Å². The zero-order valence-electron chi connectivity index (χ0n) is 31.9. The summed E-state index contributed by atoms with van der Waals surface area (Å²) in [7, 11) is 0. The van der Waals surface area contributed by atoms with Gasteiger partial charge in [0.2, 0.25) is 0 Å². The Hall–Kier alpha value is -7.16. The van der Waals surface area contributed by atoms with E-state index in [1.165, 1.54) is 55.3 Å². The molecule has 0 saturated carbocycles. The van der Waals surface area contributed by atoms with Crippen LogP contribution in [0.25, 0.3) is 77.2 Å². The van der Waals surface area contributed by atoms with Gasteiger partial charge in [-0.1, -0.05) is 166 Å². The quantitative estimate of drug-likeness (QED) is 0.169. The molecule has 9 aromatic carbocycles. The molecular weight excluding hydrogens is 691 g/mol. The number of hydrogen-bond donors (Lipinski definition) is 0. The van der Waals surface area contributed by atoms with Crippen LogP contribution in [0.5, 0.6) is 0 Å². The van der Waals surface area contributed by atoms with Crippen molar-refractivity contribution in [3.8, 4) is 44.5 Å². The Morgan fingerprint density at radius 1 is 0.386 bits per heavy atom. The fourth-order valence-electron chi connectivity index (χ4n) is 9.38. The number of para-hydroxylation sites is 2. The van der Waals surface area contributed by atoms with Crippen molar-refractivity contribution in [3.63, 3.8) is 0 Å². The summed E-state index contributed by atoms with van der Waals surface area (Å²) in [5.41, 5.74) is 17.6. The lowest BCUT2D eigenvalue weighted by atomic mass is 9.79. The van der Waals surface area contributed by atoms with E-state index >= 15 is 0 Å². The third kappa shape index (κ3) is 5.33. The van der Waals surface area contributed by atoms with Crippen molar-refractivity contribution in [1.29, 1.82) is 0 Å². The molecule has 0 N–H and O–H groups in total. The first-order chi connectivity index (χ1) is 28.0. The number of fused-ring (bicyclic) bond motifs is 7. The number of hydrogen-bond acceptors (Lipinski definition) is 2. The van der Waals surface area contributed by atoms with E-state index in [1.807, 2.05) is 12.1 Å². The first-order valence-corrected chi connectivity index (χ1v) is 19.8. The molecule has 0 amide bonds. The number of anilines is 3. The van der Waals surface area contributed by atoms with Crippen molar-refractivity contribution in [1.82, 2.24) is 0 Å². The van der Waals surface area contributed by atoms with Crippen molar-refractivity contribution < 1.29 is 4.42 Å². The second-order valence-corrected chi connectivity index (χ2v) is 15.7. The standard InChI is InChI=1S/C55H39NO/c1-55(2)50-22-8-5-17-46(50)49-21-12-20-45(54(49)55)38-27-32-41(33-28-38)56(40-30-25-37(26-31-40)43-19-11-14-36-13-3-4-15-42(36)43)51-23-9-6-16-44(51)39-29-34-48-47-18-7-10-24-52(47)57-53(48)35-39/h3-35H,1-2H3. The van der Waals surface area contributed by atoms with Gasteiger partial charge in [-0.05, 0) is 109 Å². The van der Waals surface area contributed by atoms with Gasteiger partial charge in [-0.15, -0.1) is 0 Å². The molecule has 0 radical (unpaired) electrons. The molecular formula is C55H39NO. The maximum atomic E-state index is 6.38. The van der Waals surface area contributed by atoms with Gasteiger partial charge in [0.25, 0.3) is 0 Å². The van der Waals surface area contributed by atoms with Gasteiger partial charge in [-0.2, -0.15) is 0 Å². The molecule has 11 rings (SSSR count). The molecule has 0 fully saturated rings. The summed E-state index contributed by atoms with van der Waals surface area (Å²) >= 11 is 0. The predicted octanol–water partition coefficient (Wildman–Crippen LogP) is 15.5. The Morgan fingerprint density at radius 2 is 0.930 bits per heavy atom. The van der Waals surface area contributed by atoms with Gasteiger partial charge in [0.05, 0.1) is 5.69 Å². The zero-order chi connectivity index (χ0) is 38.1. The van der Waals surface area contributed by atoms with Gasteiger partial charge in [0.15, 0.2) is 0 Å². The molecule has 1 heterocycles. The molecule has 1 aliphatic rings. The van der Waals surface area contributed by atoms with Crippen molar-refractivity contribution in [2.24, 2.45) is 0 Å². The van der Waals surface area contributed by atoms with Crippen LogP contribution in [0.4, 0.5) is 17.1 Å². The minimum absolute atomic E-state index is 0.0983. The average Bonchev–Trinajstić information content (AvgIpc) is 3.76. The third-order valence-electron chi connectivity index (χ3n) is 12.1. The topological polar surface area (TPSA) is 16.4 Å². The van der Waals surface area contributed by atoms with E-state index in [0.29, 0.717) is 0 Å². The Labute approximate surface area is 332 Å². The normalized spacial score (nSPS) is 12.9. The van der Waals surface area contributed by atoms with E-state index < -0.39 is 0 Å². The Balaban J connectivity index is 1.05. The lowest BCUT2D eigenvalue weighted by molar-refractivity contribution is 0.662. The van der Waals surface area contributed by atoms with Crippen LogP contribution in [-0.2, 0) is 5.41 Å². The van der Waals surface area contributed by atoms with E-state index in [0.717, 1.165) is 50.1 Å². The van der Waals surface area contributed by atoms with E-state index in [-0.39, 0.29) is 5.41 Å². The molecule has 1 aromatic heterocycles. The first kappa shape index (κ1) is 33.2. The zero-order valence-corrected chi connectivity index (χ0v) is 31.9. The van der Waals surface area contributed by atoms with Crippen LogP contribution < -0.4 is 4.90 Å². The molecule has 270 valence electrons. The van der Waals surface area contributed by atoms with Gasteiger partial charge in [0.1, 0.15) is 11.2 Å². The second-order valence-electron chi connectivity index (χ2n) is 15.7. The Bertz CT molecular complexity index is 3140. The van der Waals surface area contributed by atoms with E-state index in [2.05, 4.69) is 207 Å². The molecule has 0 aliphatic heterocycles. The van der Waals surface area contributed by atoms with Gasteiger partial charge < -0.3 is 9.32 Å². The smallest absolute Gasteiger partial charge is 0.136 e. The van der Waals surface area contributed by atoms with Crippen LogP contribution in [0.3, 0.4) is 0 Å². The molecule has 0 bridgehead atoms. The molecule has 0 atom stereocenters. The maximum Gasteiger partial charge on any atom is 0.136 e. The highest BCUT2D eigenvalue weighted by Gasteiger charge is 2.37. The largest absolute Gasteiger partial charge is 0.456 e. The molecule has 1 aliphatic carbocycles. The van der Waals surface area contributed by atoms with Crippen molar-refractivity contribution in [2.45, 2.75) is 19.3 Å². The maximum absolute atomic E-state index is 6.38. The van der Waals surface area contributed by atoms with Crippen LogP contribution in [0.1, 0.15) is 25.0 Å². The molecule has 0 saturated heterocycles. The van der Waals surface area contributed by atoms with Crippen molar-refractivity contribution in [2.75, 3.05) is 4.90 Å². The highest BCUT2D eigenvalue weighted by molar-refractivity contribution is 6.06. The summed E-state index contributed by atoms with van der Waals surface area (Å²) in [6.07, 6.45) is 0. The van der Waals surface area contributed by atoms with Crippen molar-refractivity contribution >= 4 is 49.8 Å². The number of nitrogens with zero attached hydrogens (tertiary/aromatic N) is 1. The summed E-state index contributed by atoms with van der Waals surface area (Å²) < 4.78 is 6.38. The minimum Gasteiger partial charge on any atom is -0.456 e. The number of benzene rings is 9. The van der Waals surface area contributed by atoms with E-state index in [9.17, 15) is 0 Å². The Morgan fingerprint density at radius 3 is 1.74 bits per heavy atom. The number of rotatable bonds is 6. The van der Waals surface area contributed by atoms with Crippen LogP contribution in [0.15, 0.2) is 205 Å². The van der Waals surface area contributed by atoms with Crippen LogP contribution in [0, 0.1) is 0 Å². The molecule has 2 nitrogen and oxygen atoms in total. The van der Waals surface area contributed by atoms with Crippen LogP contribution in [0.2, 0.25) is 0 Å². The fraction of sp³-hybridized carbons (Fsp3) is 0.0545. The molecule has 0 spiro atoms. The van der Waals surface area contributed by atoms with E-state index in [4.69, 9.17) is 4.42 Å². The number of furan rings is 1. The van der Waals surface area contributed by atoms with Crippen LogP contribution >= 0.6 is 0 Å². The summed E-state index contributed by atoms with van der Waals surface area (Å²) in [5.74, 6) is 0. The molecule has 0 unspecified atom stereocenters. The molecule has 10 aromatic rings. The SMILES string of the molecule is CC1(C)c2ccccc2-c2cccc(-c3ccc(N(c4ccc(-c5cccc6ccccc56)cc4)c4ccccc4-c4ccc5c(c4)oc4ccccc45)cc3)c21. The summed E-state index contributed by atoms with van der Waals surface area (Å²) in [6, 6.07) is 72.6. The van der Waals surface area contributed by atoms with Gasteiger partial charge >= 0.3 is 0 Å². The molecule has 2 heteroatoms. The van der Waals surface area contributed by atoms with E-state index in [1.54, 1.807) is 0 Å². The predicted molar refractivity (Wildman–Crippen MR) is 240 cm³/mol. The minimum atomic E-state index is -0.0983. The third-order valence-corrected chi connectivity index (χ3v) is 12.1. The average molecular weight is 730 g/mol. The summed E-state index contributed by atoms with van der Waals surface area (Å²) in [5, 5.41) is 4.76. The first-order valence-electron chi connectivity index (χ1n) is 19.8. The van der Waals surface area contributed by atoms with Crippen LogP contribution in [-0.4, -0.2) is 0 Å². The lowest BCUT2D eigenvalue weighted by Crippen LogP contribution is -2.16. The lowest BCUT2D eigenvalue weighted by Gasteiger charge is -2.28. The monoisotopic (exact) mass is 729 g/mol. The highest BCUT2D eigenvalue weighted by Crippen LogP contribution is 2.52. The fourth-order valence-corrected chi connectivity index (χ4v) is 9.38. The summed E-state index contributed by atoms with van der Waals surface area (Å²) in [6.45, 7) is 4.72. The summed E-state index contributed by atoms with van der Waals surface area (Å²) in [4.78, 5) is 2.39.